The molecule has 0 aliphatic carbocycles. The van der Waals surface area contributed by atoms with Crippen molar-refractivity contribution in [3.8, 4) is 0 Å². The van der Waals surface area contributed by atoms with Crippen LogP contribution in [0.2, 0.25) is 0 Å². The van der Waals surface area contributed by atoms with E-state index in [-0.39, 0.29) is 0 Å². The summed E-state index contributed by atoms with van der Waals surface area (Å²) in [5.74, 6) is 0.737. The Morgan fingerprint density at radius 3 is 3.25 bits per heavy atom. The van der Waals surface area contributed by atoms with Gasteiger partial charge in [-0.2, -0.15) is 0 Å². The lowest BCUT2D eigenvalue weighted by Crippen LogP contribution is -2.32. The topological polar surface area (TPSA) is 42.7 Å². The molecule has 1 aromatic heterocycles. The maximum absolute atomic E-state index is 3.95. The largest absolute Gasteiger partial charge is 0.316 e. The fraction of sp³-hybridized carbons (Fsp3) is 0.750. The Kier molecular flexibility index (Phi) is 2.36. The molecule has 4 heteroatoms. The molecule has 0 amide bonds. The molecule has 1 aliphatic rings. The third-order valence-corrected chi connectivity index (χ3v) is 2.32. The zero-order valence-electron chi connectivity index (χ0n) is 7.11. The molecule has 1 aromatic rings. The molecule has 66 valence electrons. The van der Waals surface area contributed by atoms with E-state index in [4.69, 9.17) is 0 Å². The van der Waals surface area contributed by atoms with Gasteiger partial charge in [0, 0.05) is 12.7 Å². The van der Waals surface area contributed by atoms with Crippen LogP contribution < -0.4 is 5.32 Å². The molecule has 0 aromatic carbocycles. The molecule has 1 fully saturated rings. The van der Waals surface area contributed by atoms with Crippen molar-refractivity contribution in [1.82, 2.24) is 20.3 Å². The molecule has 0 spiro atoms. The summed E-state index contributed by atoms with van der Waals surface area (Å²) < 4.78 is 1.91. The van der Waals surface area contributed by atoms with Gasteiger partial charge >= 0.3 is 0 Å². The van der Waals surface area contributed by atoms with Gasteiger partial charge in [-0.15, -0.1) is 5.10 Å². The molecule has 0 saturated carbocycles. The van der Waals surface area contributed by atoms with Crippen LogP contribution in [0.4, 0.5) is 0 Å². The van der Waals surface area contributed by atoms with Crippen molar-refractivity contribution in [3.63, 3.8) is 0 Å². The lowest BCUT2D eigenvalue weighted by atomic mass is 10.00. The highest BCUT2D eigenvalue weighted by atomic mass is 15.4. The number of nitrogens with zero attached hydrogens (tertiary/aromatic N) is 3. The standard InChI is InChI=1S/C8H14N4/c1-2-8(6-9-3-1)7-12-5-4-10-11-12/h4-5,8-9H,1-3,6-7H2. The average molecular weight is 166 g/mol. The average Bonchev–Trinajstić information content (AvgIpc) is 2.59. The molecule has 1 atom stereocenters. The number of aromatic nitrogens is 3. The first kappa shape index (κ1) is 7.73. The van der Waals surface area contributed by atoms with E-state index < -0.39 is 0 Å². The Hall–Kier alpha value is -0.900. The Bertz CT molecular complexity index is 213. The van der Waals surface area contributed by atoms with Crippen molar-refractivity contribution in [3.05, 3.63) is 12.4 Å². The highest BCUT2D eigenvalue weighted by molar-refractivity contribution is 4.71. The Balaban J connectivity index is 1.86. The van der Waals surface area contributed by atoms with Gasteiger partial charge in [0.2, 0.25) is 0 Å². The molecule has 2 heterocycles. The van der Waals surface area contributed by atoms with Crippen molar-refractivity contribution in [1.29, 1.82) is 0 Å². The second kappa shape index (κ2) is 3.67. The second-order valence-corrected chi connectivity index (χ2v) is 3.34. The van der Waals surface area contributed by atoms with Gasteiger partial charge in [0.15, 0.2) is 0 Å². The van der Waals surface area contributed by atoms with E-state index in [0.29, 0.717) is 0 Å². The first-order chi connectivity index (χ1) is 5.95. The summed E-state index contributed by atoms with van der Waals surface area (Å²) in [6.45, 7) is 3.31. The smallest absolute Gasteiger partial charge is 0.0692 e. The van der Waals surface area contributed by atoms with Crippen molar-refractivity contribution >= 4 is 0 Å². The monoisotopic (exact) mass is 166 g/mol. The number of hydrogen-bond acceptors (Lipinski definition) is 3. The Labute approximate surface area is 72.0 Å². The summed E-state index contributed by atoms with van der Waals surface area (Å²) in [6, 6.07) is 0. The fourth-order valence-corrected chi connectivity index (χ4v) is 1.67. The van der Waals surface area contributed by atoms with E-state index in [1.54, 1.807) is 6.20 Å². The van der Waals surface area contributed by atoms with Crippen LogP contribution >= 0.6 is 0 Å². The summed E-state index contributed by atoms with van der Waals surface area (Å²) in [7, 11) is 0. The molecule has 1 aliphatic heterocycles. The van der Waals surface area contributed by atoms with Gasteiger partial charge in [0.05, 0.1) is 6.20 Å². The van der Waals surface area contributed by atoms with Crippen molar-refractivity contribution < 1.29 is 0 Å². The summed E-state index contributed by atoms with van der Waals surface area (Å²) in [5, 5.41) is 11.1. The Morgan fingerprint density at radius 2 is 2.58 bits per heavy atom. The van der Waals surface area contributed by atoms with Gasteiger partial charge in [-0.25, -0.2) is 0 Å². The van der Waals surface area contributed by atoms with E-state index in [0.717, 1.165) is 19.0 Å². The minimum Gasteiger partial charge on any atom is -0.316 e. The van der Waals surface area contributed by atoms with Crippen LogP contribution in [0.1, 0.15) is 12.8 Å². The summed E-state index contributed by atoms with van der Waals surface area (Å²) >= 11 is 0. The predicted molar refractivity (Wildman–Crippen MR) is 45.6 cm³/mol. The summed E-state index contributed by atoms with van der Waals surface area (Å²) in [5.41, 5.74) is 0. The van der Waals surface area contributed by atoms with Gasteiger partial charge in [0.1, 0.15) is 0 Å². The van der Waals surface area contributed by atoms with E-state index >= 15 is 0 Å². The van der Waals surface area contributed by atoms with Gasteiger partial charge in [-0.1, -0.05) is 5.21 Å². The minimum atomic E-state index is 0.737. The van der Waals surface area contributed by atoms with Crippen LogP contribution in [0.25, 0.3) is 0 Å². The van der Waals surface area contributed by atoms with Crippen LogP contribution in [0.3, 0.4) is 0 Å². The van der Waals surface area contributed by atoms with Crippen LogP contribution in [-0.4, -0.2) is 28.1 Å². The SMILES string of the molecule is c1cn(CC2CCCNC2)nn1. The van der Waals surface area contributed by atoms with Crippen molar-refractivity contribution in [2.24, 2.45) is 5.92 Å². The quantitative estimate of drug-likeness (QED) is 0.686. The maximum atomic E-state index is 3.95. The third-order valence-electron chi connectivity index (χ3n) is 2.32. The zero-order chi connectivity index (χ0) is 8.23. The van der Waals surface area contributed by atoms with E-state index in [1.807, 2.05) is 10.9 Å². The molecule has 2 rings (SSSR count). The summed E-state index contributed by atoms with van der Waals surface area (Å²) in [6.07, 6.45) is 6.26. The first-order valence-corrected chi connectivity index (χ1v) is 4.50. The number of piperidine rings is 1. The van der Waals surface area contributed by atoms with E-state index in [9.17, 15) is 0 Å². The molecule has 0 bridgehead atoms. The molecule has 0 radical (unpaired) electrons. The van der Waals surface area contributed by atoms with E-state index in [2.05, 4.69) is 15.6 Å². The van der Waals surface area contributed by atoms with Gasteiger partial charge in [0.25, 0.3) is 0 Å². The Morgan fingerprint density at radius 1 is 1.58 bits per heavy atom. The van der Waals surface area contributed by atoms with Crippen LogP contribution in [-0.2, 0) is 6.54 Å². The van der Waals surface area contributed by atoms with E-state index in [1.165, 1.54) is 19.4 Å². The molecular formula is C8H14N4. The minimum absolute atomic E-state index is 0.737. The van der Waals surface area contributed by atoms with Crippen LogP contribution in [0.15, 0.2) is 12.4 Å². The molecule has 1 saturated heterocycles. The lowest BCUT2D eigenvalue weighted by molar-refractivity contribution is 0.322. The molecule has 12 heavy (non-hydrogen) atoms. The molecule has 4 nitrogen and oxygen atoms in total. The second-order valence-electron chi connectivity index (χ2n) is 3.34. The van der Waals surface area contributed by atoms with Gasteiger partial charge < -0.3 is 5.32 Å². The highest BCUT2D eigenvalue weighted by Gasteiger charge is 2.13. The predicted octanol–water partition coefficient (Wildman–Crippen LogP) is 0.278. The van der Waals surface area contributed by atoms with Gasteiger partial charge in [-0.3, -0.25) is 4.68 Å². The number of rotatable bonds is 2. The van der Waals surface area contributed by atoms with Crippen LogP contribution in [0.5, 0.6) is 0 Å². The first-order valence-electron chi connectivity index (χ1n) is 4.50. The third kappa shape index (κ3) is 1.82. The molecular weight excluding hydrogens is 152 g/mol. The molecule has 1 N–H and O–H groups in total. The molecule has 1 unspecified atom stereocenters. The van der Waals surface area contributed by atoms with Crippen molar-refractivity contribution in [2.75, 3.05) is 13.1 Å². The maximum Gasteiger partial charge on any atom is 0.0692 e. The van der Waals surface area contributed by atoms with Crippen molar-refractivity contribution in [2.45, 2.75) is 19.4 Å². The number of nitrogens with one attached hydrogen (secondary N) is 1. The fourth-order valence-electron chi connectivity index (χ4n) is 1.67. The lowest BCUT2D eigenvalue weighted by Gasteiger charge is -2.22. The zero-order valence-corrected chi connectivity index (χ0v) is 7.11. The highest BCUT2D eigenvalue weighted by Crippen LogP contribution is 2.11. The van der Waals surface area contributed by atoms with Gasteiger partial charge in [-0.05, 0) is 31.8 Å². The van der Waals surface area contributed by atoms with Crippen LogP contribution in [0, 0.1) is 5.92 Å². The summed E-state index contributed by atoms with van der Waals surface area (Å²) in [4.78, 5) is 0. The number of hydrogen-bond donors (Lipinski definition) is 1. The normalized spacial score (nSPS) is 24.2.